The van der Waals surface area contributed by atoms with Crippen LogP contribution in [0.2, 0.25) is 0 Å². The quantitative estimate of drug-likeness (QED) is 0.868. The number of benzene rings is 1. The second-order valence-corrected chi connectivity index (χ2v) is 6.15. The molecule has 1 aromatic carbocycles. The molecule has 0 bridgehead atoms. The minimum atomic E-state index is 0.0280. The fourth-order valence-electron chi connectivity index (χ4n) is 3.20. The molecule has 4 nitrogen and oxygen atoms in total. The zero-order valence-electron chi connectivity index (χ0n) is 13.0. The Hall–Kier alpha value is -1.10. The number of hydrogen-bond acceptors (Lipinski definition) is 4. The van der Waals surface area contributed by atoms with E-state index in [9.17, 15) is 0 Å². The summed E-state index contributed by atoms with van der Waals surface area (Å²) in [6.07, 6.45) is 2.81. The molecule has 1 unspecified atom stereocenters. The Morgan fingerprint density at radius 2 is 1.90 bits per heavy atom. The largest absolute Gasteiger partial charge is 0.494 e. The van der Waals surface area contributed by atoms with E-state index in [-0.39, 0.29) is 6.04 Å². The van der Waals surface area contributed by atoms with Gasteiger partial charge in [-0.3, -0.25) is 9.80 Å². The first-order valence-corrected chi connectivity index (χ1v) is 8.21. The molecule has 1 aliphatic heterocycles. The van der Waals surface area contributed by atoms with Crippen LogP contribution in [0.1, 0.15) is 31.4 Å². The highest BCUT2D eigenvalue weighted by atomic mass is 16.5. The van der Waals surface area contributed by atoms with Crippen LogP contribution in [-0.4, -0.2) is 55.2 Å². The standard InChI is InChI=1S/C17H27N3O/c1-2-21-17-6-4-3-5-15(17)16(18)13-19-9-11-20(12-10-19)14-7-8-14/h3-6,14,16H,2,7-13,18H2,1H3. The molecular weight excluding hydrogens is 262 g/mol. The van der Waals surface area contributed by atoms with Gasteiger partial charge in [-0.15, -0.1) is 0 Å². The Balaban J connectivity index is 1.55. The van der Waals surface area contributed by atoms with Crippen molar-refractivity contribution < 1.29 is 4.74 Å². The van der Waals surface area contributed by atoms with Gasteiger partial charge in [-0.2, -0.15) is 0 Å². The monoisotopic (exact) mass is 289 g/mol. The molecule has 0 amide bonds. The molecule has 116 valence electrons. The molecule has 2 aliphatic rings. The third-order valence-electron chi connectivity index (χ3n) is 4.54. The van der Waals surface area contributed by atoms with Crippen LogP contribution in [0.15, 0.2) is 24.3 Å². The fraction of sp³-hybridized carbons (Fsp3) is 0.647. The van der Waals surface area contributed by atoms with Crippen LogP contribution in [0.4, 0.5) is 0 Å². The SMILES string of the molecule is CCOc1ccccc1C(N)CN1CCN(C2CC2)CC1. The first-order chi connectivity index (χ1) is 10.3. The maximum atomic E-state index is 6.43. The molecule has 2 N–H and O–H groups in total. The summed E-state index contributed by atoms with van der Waals surface area (Å²) in [4.78, 5) is 5.13. The van der Waals surface area contributed by atoms with Crippen molar-refractivity contribution >= 4 is 0 Å². The molecule has 1 heterocycles. The van der Waals surface area contributed by atoms with E-state index in [1.54, 1.807) is 0 Å². The van der Waals surface area contributed by atoms with Gasteiger partial charge in [0.15, 0.2) is 0 Å². The van der Waals surface area contributed by atoms with Gasteiger partial charge in [0.2, 0.25) is 0 Å². The molecule has 4 heteroatoms. The molecular formula is C17H27N3O. The fourth-order valence-corrected chi connectivity index (χ4v) is 3.20. The number of hydrogen-bond donors (Lipinski definition) is 1. The summed E-state index contributed by atoms with van der Waals surface area (Å²) in [5, 5.41) is 0. The highest BCUT2D eigenvalue weighted by Crippen LogP contribution is 2.28. The molecule has 0 radical (unpaired) electrons. The summed E-state index contributed by atoms with van der Waals surface area (Å²) in [5.74, 6) is 0.934. The smallest absolute Gasteiger partial charge is 0.124 e. The Morgan fingerprint density at radius 1 is 1.19 bits per heavy atom. The third kappa shape index (κ3) is 3.76. The van der Waals surface area contributed by atoms with Crippen molar-refractivity contribution in [2.75, 3.05) is 39.3 Å². The first kappa shape index (κ1) is 14.8. The molecule has 21 heavy (non-hydrogen) atoms. The minimum absolute atomic E-state index is 0.0280. The Morgan fingerprint density at radius 3 is 2.57 bits per heavy atom. The van der Waals surface area contributed by atoms with Crippen LogP contribution < -0.4 is 10.5 Å². The number of nitrogens with two attached hydrogens (primary N) is 1. The summed E-state index contributed by atoms with van der Waals surface area (Å²) in [7, 11) is 0. The Kier molecular flexibility index (Phi) is 4.78. The maximum absolute atomic E-state index is 6.43. The molecule has 1 aliphatic carbocycles. The van der Waals surface area contributed by atoms with Crippen molar-refractivity contribution in [3.63, 3.8) is 0 Å². The van der Waals surface area contributed by atoms with E-state index in [1.165, 1.54) is 25.9 Å². The third-order valence-corrected chi connectivity index (χ3v) is 4.54. The van der Waals surface area contributed by atoms with E-state index in [0.29, 0.717) is 6.61 Å². The highest BCUT2D eigenvalue weighted by molar-refractivity contribution is 5.36. The van der Waals surface area contributed by atoms with Gasteiger partial charge >= 0.3 is 0 Å². The van der Waals surface area contributed by atoms with Gasteiger partial charge in [-0.25, -0.2) is 0 Å². The molecule has 1 aromatic rings. The van der Waals surface area contributed by atoms with Gasteiger partial charge in [0.05, 0.1) is 6.61 Å². The van der Waals surface area contributed by atoms with E-state index in [4.69, 9.17) is 10.5 Å². The summed E-state index contributed by atoms with van der Waals surface area (Å²) in [6, 6.07) is 9.08. The summed E-state index contributed by atoms with van der Waals surface area (Å²) in [5.41, 5.74) is 7.56. The van der Waals surface area contributed by atoms with Crippen LogP contribution in [0.5, 0.6) is 5.75 Å². The first-order valence-electron chi connectivity index (χ1n) is 8.21. The van der Waals surface area contributed by atoms with Gasteiger partial charge < -0.3 is 10.5 Å². The van der Waals surface area contributed by atoms with Crippen molar-refractivity contribution in [1.82, 2.24) is 9.80 Å². The lowest BCUT2D eigenvalue weighted by atomic mass is 10.1. The predicted octanol–water partition coefficient (Wildman–Crippen LogP) is 1.87. The van der Waals surface area contributed by atoms with E-state index < -0.39 is 0 Å². The van der Waals surface area contributed by atoms with E-state index >= 15 is 0 Å². The second kappa shape index (κ2) is 6.77. The number of nitrogens with zero attached hydrogens (tertiary/aromatic N) is 2. The molecule has 0 spiro atoms. The van der Waals surface area contributed by atoms with Gasteiger partial charge in [0.25, 0.3) is 0 Å². The van der Waals surface area contributed by atoms with Gasteiger partial charge in [-0.05, 0) is 25.8 Å². The van der Waals surface area contributed by atoms with Crippen molar-refractivity contribution in [1.29, 1.82) is 0 Å². The van der Waals surface area contributed by atoms with Gasteiger partial charge in [-0.1, -0.05) is 18.2 Å². The van der Waals surface area contributed by atoms with Crippen molar-refractivity contribution in [2.24, 2.45) is 5.73 Å². The lowest BCUT2D eigenvalue weighted by Crippen LogP contribution is -2.48. The van der Waals surface area contributed by atoms with E-state index in [1.807, 2.05) is 25.1 Å². The van der Waals surface area contributed by atoms with Crippen LogP contribution in [-0.2, 0) is 0 Å². The van der Waals surface area contributed by atoms with Gasteiger partial charge in [0.1, 0.15) is 5.75 Å². The van der Waals surface area contributed by atoms with Crippen LogP contribution in [0.25, 0.3) is 0 Å². The highest BCUT2D eigenvalue weighted by Gasteiger charge is 2.31. The van der Waals surface area contributed by atoms with E-state index in [0.717, 1.165) is 37.0 Å². The van der Waals surface area contributed by atoms with Gasteiger partial charge in [0, 0.05) is 50.4 Å². The number of piperazine rings is 1. The van der Waals surface area contributed by atoms with Crippen LogP contribution in [0.3, 0.4) is 0 Å². The molecule has 1 atom stereocenters. The lowest BCUT2D eigenvalue weighted by Gasteiger charge is -2.36. The van der Waals surface area contributed by atoms with Crippen molar-refractivity contribution in [3.8, 4) is 5.75 Å². The molecule has 0 aromatic heterocycles. The molecule has 2 fully saturated rings. The van der Waals surface area contributed by atoms with E-state index in [2.05, 4.69) is 15.9 Å². The average molecular weight is 289 g/mol. The topological polar surface area (TPSA) is 41.7 Å². The number of rotatable bonds is 6. The maximum Gasteiger partial charge on any atom is 0.124 e. The summed E-state index contributed by atoms with van der Waals surface area (Å²) in [6.45, 7) is 8.29. The summed E-state index contributed by atoms with van der Waals surface area (Å²) >= 11 is 0. The zero-order chi connectivity index (χ0) is 14.7. The minimum Gasteiger partial charge on any atom is -0.494 e. The summed E-state index contributed by atoms with van der Waals surface area (Å²) < 4.78 is 5.70. The van der Waals surface area contributed by atoms with Crippen molar-refractivity contribution in [2.45, 2.75) is 31.8 Å². The number of para-hydroxylation sites is 1. The molecule has 3 rings (SSSR count). The predicted molar refractivity (Wildman–Crippen MR) is 85.6 cm³/mol. The number of ether oxygens (including phenoxy) is 1. The zero-order valence-corrected chi connectivity index (χ0v) is 13.0. The average Bonchev–Trinajstić information content (AvgIpc) is 3.34. The van der Waals surface area contributed by atoms with Crippen molar-refractivity contribution in [3.05, 3.63) is 29.8 Å². The molecule has 1 saturated carbocycles. The van der Waals surface area contributed by atoms with Crippen LogP contribution in [0, 0.1) is 0 Å². The Bertz CT molecular complexity index is 453. The normalized spacial score (nSPS) is 22.2. The Labute approximate surface area is 127 Å². The lowest BCUT2D eigenvalue weighted by molar-refractivity contribution is 0.121. The second-order valence-electron chi connectivity index (χ2n) is 6.15. The van der Waals surface area contributed by atoms with Crippen LogP contribution >= 0.6 is 0 Å². The molecule has 1 saturated heterocycles.